The Morgan fingerprint density at radius 2 is 2.11 bits per heavy atom. The van der Waals surface area contributed by atoms with E-state index in [1.807, 2.05) is 0 Å². The zero-order valence-corrected chi connectivity index (χ0v) is 11.4. The molecule has 3 rings (SSSR count). The molecule has 0 amide bonds. The quantitative estimate of drug-likeness (QED) is 0.871. The third-order valence-electron chi connectivity index (χ3n) is 4.39. The average molecular weight is 249 g/mol. The Kier molecular flexibility index (Phi) is 3.14. The van der Waals surface area contributed by atoms with Crippen molar-refractivity contribution in [2.45, 2.75) is 64.3 Å². The molecule has 1 aromatic heterocycles. The van der Waals surface area contributed by atoms with E-state index in [-0.39, 0.29) is 0 Å². The van der Waals surface area contributed by atoms with Gasteiger partial charge in [-0.2, -0.15) is 0 Å². The molecule has 1 heterocycles. The minimum atomic E-state index is 0.316. The van der Waals surface area contributed by atoms with Crippen LogP contribution >= 0.6 is 0 Å². The second-order valence-corrected chi connectivity index (χ2v) is 6.45. The molecule has 2 aliphatic rings. The van der Waals surface area contributed by atoms with Gasteiger partial charge in [0.05, 0.1) is 0 Å². The molecule has 0 spiro atoms. The van der Waals surface area contributed by atoms with Crippen LogP contribution in [0.3, 0.4) is 0 Å². The first-order valence-corrected chi connectivity index (χ1v) is 7.21. The maximum absolute atomic E-state index is 5.84. The topological polar surface area (TPSA) is 51.0 Å². The minimum absolute atomic E-state index is 0.316. The van der Waals surface area contributed by atoms with E-state index in [9.17, 15) is 0 Å². The Bertz CT molecular complexity index is 409. The van der Waals surface area contributed by atoms with Crippen molar-refractivity contribution in [3.8, 4) is 0 Å². The molecule has 1 N–H and O–H groups in total. The molecule has 0 radical (unpaired) electrons. The van der Waals surface area contributed by atoms with Crippen LogP contribution in [-0.4, -0.2) is 22.8 Å². The lowest BCUT2D eigenvalue weighted by molar-refractivity contribution is 0.280. The van der Waals surface area contributed by atoms with Crippen LogP contribution < -0.4 is 5.32 Å². The van der Waals surface area contributed by atoms with Crippen LogP contribution in [0.2, 0.25) is 0 Å². The van der Waals surface area contributed by atoms with Gasteiger partial charge in [-0.1, -0.05) is 20.3 Å². The van der Waals surface area contributed by atoms with E-state index in [0.29, 0.717) is 11.3 Å². The van der Waals surface area contributed by atoms with Gasteiger partial charge >= 0.3 is 0 Å². The Morgan fingerprint density at radius 1 is 1.28 bits per heavy atom. The predicted molar refractivity (Wildman–Crippen MR) is 69.4 cm³/mol. The standard InChI is InChI=1S/C14H23N3O/c1-14(2)8-3-4-11(14)13-17-16-12(18-13)7-9-15-10-5-6-10/h10-11,15H,3-9H2,1-2H3. The number of aromatic nitrogens is 2. The number of nitrogens with zero attached hydrogens (tertiary/aromatic N) is 2. The molecule has 2 saturated carbocycles. The van der Waals surface area contributed by atoms with Crippen molar-refractivity contribution in [1.29, 1.82) is 0 Å². The maximum Gasteiger partial charge on any atom is 0.220 e. The number of hydrogen-bond acceptors (Lipinski definition) is 4. The smallest absolute Gasteiger partial charge is 0.220 e. The highest BCUT2D eigenvalue weighted by Crippen LogP contribution is 2.48. The normalized spacial score (nSPS) is 26.7. The third kappa shape index (κ3) is 2.58. The Labute approximate surface area is 109 Å². The van der Waals surface area contributed by atoms with Crippen molar-refractivity contribution in [3.63, 3.8) is 0 Å². The first-order chi connectivity index (χ1) is 8.65. The summed E-state index contributed by atoms with van der Waals surface area (Å²) in [6.07, 6.45) is 7.24. The van der Waals surface area contributed by atoms with Crippen molar-refractivity contribution in [2.24, 2.45) is 5.41 Å². The summed E-state index contributed by atoms with van der Waals surface area (Å²) in [5.74, 6) is 2.11. The van der Waals surface area contributed by atoms with E-state index in [1.54, 1.807) is 0 Å². The van der Waals surface area contributed by atoms with Gasteiger partial charge in [-0.25, -0.2) is 0 Å². The molecule has 1 aromatic rings. The average Bonchev–Trinajstić information content (AvgIpc) is 2.90. The summed E-state index contributed by atoms with van der Waals surface area (Å²) < 4.78 is 5.84. The molecule has 0 aromatic carbocycles. The van der Waals surface area contributed by atoms with E-state index in [0.717, 1.165) is 30.8 Å². The third-order valence-corrected chi connectivity index (χ3v) is 4.39. The SMILES string of the molecule is CC1(C)CCCC1c1nnc(CCNC2CC2)o1. The van der Waals surface area contributed by atoms with Gasteiger partial charge < -0.3 is 9.73 Å². The van der Waals surface area contributed by atoms with Gasteiger partial charge in [0.15, 0.2) is 0 Å². The summed E-state index contributed by atoms with van der Waals surface area (Å²) in [6.45, 7) is 5.58. The molecule has 0 bridgehead atoms. The van der Waals surface area contributed by atoms with Gasteiger partial charge in [-0.15, -0.1) is 10.2 Å². The lowest BCUT2D eigenvalue weighted by atomic mass is 9.82. The van der Waals surface area contributed by atoms with Crippen LogP contribution in [-0.2, 0) is 6.42 Å². The summed E-state index contributed by atoms with van der Waals surface area (Å²) in [5.41, 5.74) is 0.316. The van der Waals surface area contributed by atoms with Crippen molar-refractivity contribution >= 4 is 0 Å². The van der Waals surface area contributed by atoms with Crippen LogP contribution in [0.1, 0.15) is 63.7 Å². The van der Waals surface area contributed by atoms with E-state index in [1.165, 1.54) is 32.1 Å². The van der Waals surface area contributed by atoms with E-state index < -0.39 is 0 Å². The molecule has 4 heteroatoms. The molecule has 2 aliphatic carbocycles. The summed E-state index contributed by atoms with van der Waals surface area (Å²) in [4.78, 5) is 0. The highest BCUT2D eigenvalue weighted by atomic mass is 16.4. The fourth-order valence-corrected chi connectivity index (χ4v) is 2.96. The Hall–Kier alpha value is -0.900. The number of rotatable bonds is 5. The van der Waals surface area contributed by atoms with Crippen LogP contribution in [0.15, 0.2) is 4.42 Å². The molecular formula is C14H23N3O. The van der Waals surface area contributed by atoms with Gasteiger partial charge in [0.25, 0.3) is 0 Å². The molecule has 4 nitrogen and oxygen atoms in total. The van der Waals surface area contributed by atoms with Gasteiger partial charge in [-0.3, -0.25) is 0 Å². The lowest BCUT2D eigenvalue weighted by Gasteiger charge is -2.23. The van der Waals surface area contributed by atoms with Crippen LogP contribution in [0.25, 0.3) is 0 Å². The van der Waals surface area contributed by atoms with Crippen LogP contribution in [0.5, 0.6) is 0 Å². The van der Waals surface area contributed by atoms with Crippen LogP contribution in [0.4, 0.5) is 0 Å². The Balaban J connectivity index is 1.58. The predicted octanol–water partition coefficient (Wildman–Crippen LogP) is 2.66. The largest absolute Gasteiger partial charge is 0.425 e. The van der Waals surface area contributed by atoms with Crippen molar-refractivity contribution < 1.29 is 4.42 Å². The van der Waals surface area contributed by atoms with Crippen molar-refractivity contribution in [1.82, 2.24) is 15.5 Å². The van der Waals surface area contributed by atoms with Gasteiger partial charge in [0.2, 0.25) is 11.8 Å². The van der Waals surface area contributed by atoms with Crippen molar-refractivity contribution in [3.05, 3.63) is 11.8 Å². The summed E-state index contributed by atoms with van der Waals surface area (Å²) in [5, 5.41) is 11.9. The Morgan fingerprint density at radius 3 is 2.78 bits per heavy atom. The molecule has 0 saturated heterocycles. The first kappa shape index (κ1) is 12.2. The zero-order chi connectivity index (χ0) is 12.6. The minimum Gasteiger partial charge on any atom is -0.425 e. The highest BCUT2D eigenvalue weighted by molar-refractivity contribution is 5.03. The zero-order valence-electron chi connectivity index (χ0n) is 11.4. The monoisotopic (exact) mass is 249 g/mol. The lowest BCUT2D eigenvalue weighted by Crippen LogP contribution is -2.19. The highest BCUT2D eigenvalue weighted by Gasteiger charge is 2.38. The number of hydrogen-bond donors (Lipinski definition) is 1. The number of nitrogens with one attached hydrogen (secondary N) is 1. The first-order valence-electron chi connectivity index (χ1n) is 7.21. The molecule has 100 valence electrons. The van der Waals surface area contributed by atoms with E-state index >= 15 is 0 Å². The molecule has 2 fully saturated rings. The van der Waals surface area contributed by atoms with Crippen molar-refractivity contribution in [2.75, 3.05) is 6.54 Å². The summed E-state index contributed by atoms with van der Waals surface area (Å²) >= 11 is 0. The van der Waals surface area contributed by atoms with E-state index in [2.05, 4.69) is 29.4 Å². The fraction of sp³-hybridized carbons (Fsp3) is 0.857. The second kappa shape index (κ2) is 4.65. The van der Waals surface area contributed by atoms with Gasteiger partial charge in [0.1, 0.15) is 0 Å². The summed E-state index contributed by atoms with van der Waals surface area (Å²) in [7, 11) is 0. The molecule has 1 atom stereocenters. The second-order valence-electron chi connectivity index (χ2n) is 6.45. The summed E-state index contributed by atoms with van der Waals surface area (Å²) in [6, 6.07) is 0.751. The molecular weight excluding hydrogens is 226 g/mol. The molecule has 0 aliphatic heterocycles. The molecule has 1 unspecified atom stereocenters. The maximum atomic E-state index is 5.84. The molecule has 18 heavy (non-hydrogen) atoms. The van der Waals surface area contributed by atoms with E-state index in [4.69, 9.17) is 4.42 Å². The van der Waals surface area contributed by atoms with Crippen LogP contribution in [0, 0.1) is 5.41 Å². The van der Waals surface area contributed by atoms with Gasteiger partial charge in [-0.05, 0) is 31.1 Å². The fourth-order valence-electron chi connectivity index (χ4n) is 2.96. The van der Waals surface area contributed by atoms with Gasteiger partial charge in [0, 0.05) is 24.9 Å².